The van der Waals surface area contributed by atoms with Gasteiger partial charge in [0.1, 0.15) is 18.9 Å². The van der Waals surface area contributed by atoms with Crippen molar-refractivity contribution in [2.45, 2.75) is 27.0 Å². The van der Waals surface area contributed by atoms with E-state index in [1.807, 2.05) is 91.3 Å². The average molecular weight is 384 g/mol. The van der Waals surface area contributed by atoms with Gasteiger partial charge in [-0.05, 0) is 49.2 Å². The van der Waals surface area contributed by atoms with Crippen LogP contribution in [0.2, 0.25) is 0 Å². The molecule has 0 spiro atoms. The lowest BCUT2D eigenvalue weighted by atomic mass is 10.1. The van der Waals surface area contributed by atoms with Crippen molar-refractivity contribution in [3.05, 3.63) is 95.7 Å². The zero-order chi connectivity index (χ0) is 20.2. The SMILES string of the molecule is Cc1ccc(NC(=O)Cn2ccc3c(OCc4ccccc4)cccc32)c(C)c1. The zero-order valence-electron chi connectivity index (χ0n) is 16.7. The zero-order valence-corrected chi connectivity index (χ0v) is 16.7. The third kappa shape index (κ3) is 4.32. The Bertz CT molecular complexity index is 1150. The van der Waals surface area contributed by atoms with Gasteiger partial charge in [0.15, 0.2) is 0 Å². The van der Waals surface area contributed by atoms with E-state index in [4.69, 9.17) is 4.74 Å². The molecule has 0 fully saturated rings. The summed E-state index contributed by atoms with van der Waals surface area (Å²) in [5.41, 5.74) is 5.19. The molecule has 1 amide bonds. The van der Waals surface area contributed by atoms with Crippen molar-refractivity contribution in [1.29, 1.82) is 0 Å². The van der Waals surface area contributed by atoms with Gasteiger partial charge in [-0.15, -0.1) is 0 Å². The topological polar surface area (TPSA) is 43.3 Å². The molecule has 1 aromatic heterocycles. The Morgan fingerprint density at radius 1 is 0.966 bits per heavy atom. The molecule has 146 valence electrons. The number of fused-ring (bicyclic) bond motifs is 1. The first kappa shape index (κ1) is 18.8. The molecule has 0 saturated heterocycles. The summed E-state index contributed by atoms with van der Waals surface area (Å²) in [4.78, 5) is 12.6. The lowest BCUT2D eigenvalue weighted by Gasteiger charge is -2.11. The summed E-state index contributed by atoms with van der Waals surface area (Å²) in [6.07, 6.45) is 1.93. The number of nitrogens with zero attached hydrogens (tertiary/aromatic N) is 1. The molecule has 0 aliphatic rings. The maximum Gasteiger partial charge on any atom is 0.244 e. The normalized spacial score (nSPS) is 10.8. The Labute approximate surface area is 170 Å². The first-order chi connectivity index (χ1) is 14.1. The summed E-state index contributed by atoms with van der Waals surface area (Å²) in [6.45, 7) is 4.81. The predicted octanol–water partition coefficient (Wildman–Crippen LogP) is 5.48. The molecule has 3 aromatic carbocycles. The van der Waals surface area contributed by atoms with Gasteiger partial charge in [-0.2, -0.15) is 0 Å². The van der Waals surface area contributed by atoms with Crippen LogP contribution < -0.4 is 10.1 Å². The number of aromatic nitrogens is 1. The number of aryl methyl sites for hydroxylation is 2. The molecular weight excluding hydrogens is 360 g/mol. The molecule has 0 unspecified atom stereocenters. The monoisotopic (exact) mass is 384 g/mol. The fraction of sp³-hybridized carbons (Fsp3) is 0.160. The van der Waals surface area contributed by atoms with Crippen LogP contribution in [-0.2, 0) is 17.9 Å². The van der Waals surface area contributed by atoms with Gasteiger partial charge in [0.2, 0.25) is 5.91 Å². The Kier molecular flexibility index (Phi) is 5.34. The van der Waals surface area contributed by atoms with E-state index in [1.165, 1.54) is 5.56 Å². The average Bonchev–Trinajstić information content (AvgIpc) is 3.13. The van der Waals surface area contributed by atoms with E-state index in [-0.39, 0.29) is 12.5 Å². The summed E-state index contributed by atoms with van der Waals surface area (Å²) in [7, 11) is 0. The molecule has 29 heavy (non-hydrogen) atoms. The van der Waals surface area contributed by atoms with E-state index in [9.17, 15) is 4.79 Å². The number of anilines is 1. The van der Waals surface area contributed by atoms with Gasteiger partial charge in [0.25, 0.3) is 0 Å². The first-order valence-corrected chi connectivity index (χ1v) is 9.72. The second-order valence-electron chi connectivity index (χ2n) is 7.27. The van der Waals surface area contributed by atoms with Crippen molar-refractivity contribution in [3.63, 3.8) is 0 Å². The molecule has 1 N–H and O–H groups in total. The number of rotatable bonds is 6. The summed E-state index contributed by atoms with van der Waals surface area (Å²) in [6, 6.07) is 24.0. The quantitative estimate of drug-likeness (QED) is 0.479. The van der Waals surface area contributed by atoms with Crippen LogP contribution in [0.15, 0.2) is 79.0 Å². The van der Waals surface area contributed by atoms with E-state index < -0.39 is 0 Å². The maximum absolute atomic E-state index is 12.6. The van der Waals surface area contributed by atoms with Gasteiger partial charge in [0.05, 0.1) is 5.52 Å². The summed E-state index contributed by atoms with van der Waals surface area (Å²) < 4.78 is 7.98. The molecule has 0 aliphatic carbocycles. The highest BCUT2D eigenvalue weighted by Crippen LogP contribution is 2.27. The molecule has 4 rings (SSSR count). The van der Waals surface area contributed by atoms with Crippen LogP contribution in [-0.4, -0.2) is 10.5 Å². The van der Waals surface area contributed by atoms with Gasteiger partial charge in [-0.1, -0.05) is 54.1 Å². The van der Waals surface area contributed by atoms with Crippen molar-refractivity contribution in [2.24, 2.45) is 0 Å². The predicted molar refractivity (Wildman–Crippen MR) is 117 cm³/mol. The van der Waals surface area contributed by atoms with Crippen molar-refractivity contribution in [2.75, 3.05) is 5.32 Å². The molecular formula is C25H24N2O2. The van der Waals surface area contributed by atoms with Crippen molar-refractivity contribution >= 4 is 22.5 Å². The number of ether oxygens (including phenoxy) is 1. The number of nitrogens with one attached hydrogen (secondary N) is 1. The van der Waals surface area contributed by atoms with Gasteiger partial charge in [-0.3, -0.25) is 4.79 Å². The number of hydrogen-bond donors (Lipinski definition) is 1. The fourth-order valence-corrected chi connectivity index (χ4v) is 3.49. The Hall–Kier alpha value is -3.53. The Balaban J connectivity index is 1.49. The van der Waals surface area contributed by atoms with Crippen molar-refractivity contribution in [3.8, 4) is 5.75 Å². The minimum absolute atomic E-state index is 0.0509. The second-order valence-corrected chi connectivity index (χ2v) is 7.27. The van der Waals surface area contributed by atoms with Crippen LogP contribution in [0.3, 0.4) is 0 Å². The largest absolute Gasteiger partial charge is 0.488 e. The molecule has 1 heterocycles. The number of benzene rings is 3. The molecule has 0 radical (unpaired) electrons. The van der Waals surface area contributed by atoms with Crippen LogP contribution in [0.5, 0.6) is 5.75 Å². The highest BCUT2D eigenvalue weighted by Gasteiger charge is 2.11. The number of carbonyl (C=O) groups is 1. The van der Waals surface area contributed by atoms with Crippen LogP contribution in [0.25, 0.3) is 10.9 Å². The van der Waals surface area contributed by atoms with E-state index in [0.717, 1.165) is 33.5 Å². The molecule has 0 aliphatic heterocycles. The standard InChI is InChI=1S/C25H24N2O2/c1-18-11-12-22(19(2)15-18)26-25(28)16-27-14-13-21-23(27)9-6-10-24(21)29-17-20-7-4-3-5-8-20/h3-15H,16-17H2,1-2H3,(H,26,28). The van der Waals surface area contributed by atoms with Gasteiger partial charge in [0, 0.05) is 17.3 Å². The third-order valence-corrected chi connectivity index (χ3v) is 4.98. The molecule has 0 bridgehead atoms. The molecule has 4 nitrogen and oxygen atoms in total. The number of hydrogen-bond acceptors (Lipinski definition) is 2. The molecule has 4 heteroatoms. The lowest BCUT2D eigenvalue weighted by Crippen LogP contribution is -2.18. The Morgan fingerprint density at radius 3 is 2.59 bits per heavy atom. The minimum atomic E-state index is -0.0509. The van der Waals surface area contributed by atoms with E-state index >= 15 is 0 Å². The van der Waals surface area contributed by atoms with Crippen molar-refractivity contribution < 1.29 is 9.53 Å². The number of carbonyl (C=O) groups excluding carboxylic acids is 1. The van der Waals surface area contributed by atoms with Crippen LogP contribution in [0, 0.1) is 13.8 Å². The van der Waals surface area contributed by atoms with E-state index in [1.54, 1.807) is 0 Å². The fourth-order valence-electron chi connectivity index (χ4n) is 3.49. The van der Waals surface area contributed by atoms with Crippen LogP contribution in [0.4, 0.5) is 5.69 Å². The maximum atomic E-state index is 12.6. The molecule has 4 aromatic rings. The smallest absolute Gasteiger partial charge is 0.244 e. The van der Waals surface area contributed by atoms with E-state index in [0.29, 0.717) is 6.61 Å². The molecule has 0 saturated carbocycles. The summed E-state index contributed by atoms with van der Waals surface area (Å²) in [5, 5.41) is 4.01. The van der Waals surface area contributed by atoms with E-state index in [2.05, 4.69) is 11.4 Å². The summed E-state index contributed by atoms with van der Waals surface area (Å²) in [5.74, 6) is 0.768. The summed E-state index contributed by atoms with van der Waals surface area (Å²) >= 11 is 0. The second kappa shape index (κ2) is 8.23. The van der Waals surface area contributed by atoms with Crippen LogP contribution >= 0.6 is 0 Å². The van der Waals surface area contributed by atoms with Gasteiger partial charge >= 0.3 is 0 Å². The molecule has 0 atom stereocenters. The van der Waals surface area contributed by atoms with Gasteiger partial charge < -0.3 is 14.6 Å². The lowest BCUT2D eigenvalue weighted by molar-refractivity contribution is -0.116. The number of amides is 1. The highest BCUT2D eigenvalue weighted by molar-refractivity contribution is 5.93. The highest BCUT2D eigenvalue weighted by atomic mass is 16.5. The minimum Gasteiger partial charge on any atom is -0.488 e. The Morgan fingerprint density at radius 2 is 1.79 bits per heavy atom. The van der Waals surface area contributed by atoms with Crippen LogP contribution in [0.1, 0.15) is 16.7 Å². The first-order valence-electron chi connectivity index (χ1n) is 9.72. The van der Waals surface area contributed by atoms with Crippen molar-refractivity contribution in [1.82, 2.24) is 4.57 Å². The third-order valence-electron chi connectivity index (χ3n) is 4.98. The van der Waals surface area contributed by atoms with Gasteiger partial charge in [-0.25, -0.2) is 0 Å².